The van der Waals surface area contributed by atoms with Gasteiger partial charge in [-0.05, 0) is 25.1 Å². The molecule has 0 amide bonds. The smallest absolute Gasteiger partial charge is 0.437 e. The van der Waals surface area contributed by atoms with Crippen LogP contribution in [-0.2, 0) is 10.9 Å². The molecule has 1 aromatic carbocycles. The summed E-state index contributed by atoms with van der Waals surface area (Å²) in [4.78, 5) is 19.5. The van der Waals surface area contributed by atoms with Crippen molar-refractivity contribution in [3.63, 3.8) is 0 Å². The van der Waals surface area contributed by atoms with Crippen LogP contribution in [0.1, 0.15) is 23.1 Å². The van der Waals surface area contributed by atoms with E-state index in [0.717, 1.165) is 0 Å². The van der Waals surface area contributed by atoms with Crippen LogP contribution in [0.3, 0.4) is 0 Å². The topological polar surface area (TPSA) is 125 Å². The van der Waals surface area contributed by atoms with Crippen LogP contribution in [0.25, 0.3) is 11.5 Å². The first kappa shape index (κ1) is 21.7. The van der Waals surface area contributed by atoms with E-state index in [0.29, 0.717) is 17.1 Å². The molecule has 0 aliphatic carbocycles. The molecular formula is C19H18F3N5O4. The Kier molecular flexibility index (Phi) is 5.90. The van der Waals surface area contributed by atoms with E-state index in [9.17, 15) is 23.2 Å². The molecule has 0 aliphatic rings. The summed E-state index contributed by atoms with van der Waals surface area (Å²) in [6, 6.07) is 7.59. The van der Waals surface area contributed by atoms with Gasteiger partial charge in [0.25, 0.3) is 0 Å². The summed E-state index contributed by atoms with van der Waals surface area (Å²) in [5, 5.41) is 13.0. The lowest BCUT2D eigenvalue weighted by Gasteiger charge is -2.10. The van der Waals surface area contributed by atoms with Crippen molar-refractivity contribution in [3.8, 4) is 23.0 Å². The number of nitrogens with one attached hydrogen (secondary N) is 1. The molecule has 12 heteroatoms. The van der Waals surface area contributed by atoms with Gasteiger partial charge in [-0.25, -0.2) is 9.78 Å². The normalized spacial score (nSPS) is 11.3. The Morgan fingerprint density at radius 2 is 1.97 bits per heavy atom. The average molecular weight is 437 g/mol. The van der Waals surface area contributed by atoms with Crippen LogP contribution < -0.4 is 15.8 Å². The number of hydrogen-bond donors (Lipinski definition) is 3. The number of aromatic nitrogens is 3. The highest BCUT2D eigenvalue weighted by Gasteiger charge is 2.43. The lowest BCUT2D eigenvalue weighted by molar-refractivity contribution is -0.150. The minimum Gasteiger partial charge on any atom is -0.461 e. The number of halogens is 3. The minimum absolute atomic E-state index is 0.166. The molecule has 0 spiro atoms. The van der Waals surface area contributed by atoms with Gasteiger partial charge in [0, 0.05) is 25.4 Å². The van der Waals surface area contributed by atoms with Gasteiger partial charge >= 0.3 is 12.1 Å². The Balaban J connectivity index is 2.00. The van der Waals surface area contributed by atoms with E-state index in [1.165, 1.54) is 25.3 Å². The third kappa shape index (κ3) is 4.47. The third-order valence-electron chi connectivity index (χ3n) is 4.08. The minimum atomic E-state index is -5.07. The number of rotatable bonds is 6. The first-order valence-electron chi connectivity index (χ1n) is 8.93. The highest BCUT2D eigenvalue weighted by Crippen LogP contribution is 2.35. The van der Waals surface area contributed by atoms with Crippen molar-refractivity contribution >= 4 is 17.3 Å². The van der Waals surface area contributed by atoms with E-state index in [-0.39, 0.29) is 22.8 Å². The highest BCUT2D eigenvalue weighted by molar-refractivity contribution is 5.89. The van der Waals surface area contributed by atoms with Crippen LogP contribution in [0.15, 0.2) is 36.5 Å². The lowest BCUT2D eigenvalue weighted by Crippen LogP contribution is -2.18. The van der Waals surface area contributed by atoms with Crippen LogP contribution in [-0.4, -0.2) is 39.5 Å². The maximum Gasteiger partial charge on any atom is 0.437 e. The fourth-order valence-corrected chi connectivity index (χ4v) is 2.74. The summed E-state index contributed by atoms with van der Waals surface area (Å²) in [7, 11) is 1.71. The SMILES string of the molecule is CCOC(=O)c1nc(-c2cc(Oc3ccc(NC)c(N)c3)ccn2)n(O)c1C(F)(F)F. The Bertz CT molecular complexity index is 1110. The standard InChI is InChI=1S/C19H18F3N5O4/c1-3-30-18(28)15-16(19(20,21)22)27(29)17(26-15)14-9-11(6-7-25-14)31-10-4-5-13(24-2)12(23)8-10/h4-9,24,29H,3,23H2,1-2H3. The van der Waals surface area contributed by atoms with Gasteiger partial charge in [0.15, 0.2) is 17.2 Å². The lowest BCUT2D eigenvalue weighted by atomic mass is 10.2. The molecule has 4 N–H and O–H groups in total. The molecule has 0 aliphatic heterocycles. The Morgan fingerprint density at radius 1 is 1.26 bits per heavy atom. The molecule has 0 radical (unpaired) electrons. The van der Waals surface area contributed by atoms with Gasteiger partial charge in [0.1, 0.15) is 17.2 Å². The molecule has 0 atom stereocenters. The van der Waals surface area contributed by atoms with Crippen molar-refractivity contribution in [2.45, 2.75) is 13.1 Å². The largest absolute Gasteiger partial charge is 0.461 e. The second-order valence-electron chi connectivity index (χ2n) is 6.14. The second kappa shape index (κ2) is 8.42. The summed E-state index contributed by atoms with van der Waals surface area (Å²) < 4.78 is 50.3. The summed E-state index contributed by atoms with van der Waals surface area (Å²) in [5.74, 6) is -1.37. The van der Waals surface area contributed by atoms with Gasteiger partial charge < -0.3 is 25.7 Å². The van der Waals surface area contributed by atoms with Crippen molar-refractivity contribution in [3.05, 3.63) is 47.9 Å². The molecule has 0 bridgehead atoms. The number of carbonyl (C=O) groups excluding carboxylic acids is 1. The van der Waals surface area contributed by atoms with Crippen LogP contribution in [0.4, 0.5) is 24.5 Å². The fourth-order valence-electron chi connectivity index (χ4n) is 2.74. The number of nitrogen functional groups attached to an aromatic ring is 1. The van der Waals surface area contributed by atoms with Gasteiger partial charge in [0.2, 0.25) is 0 Å². The quantitative estimate of drug-likeness (QED) is 0.302. The van der Waals surface area contributed by atoms with Gasteiger partial charge in [-0.15, -0.1) is 0 Å². The fraction of sp³-hybridized carbons (Fsp3) is 0.211. The highest BCUT2D eigenvalue weighted by atomic mass is 19.4. The summed E-state index contributed by atoms with van der Waals surface area (Å²) in [5.41, 5.74) is 4.10. The number of imidazole rings is 1. The van der Waals surface area contributed by atoms with Gasteiger partial charge in [-0.1, -0.05) is 0 Å². The number of alkyl halides is 3. The number of esters is 1. The summed E-state index contributed by atoms with van der Waals surface area (Å²) >= 11 is 0. The molecular weight excluding hydrogens is 419 g/mol. The number of nitrogens with two attached hydrogens (primary N) is 1. The summed E-state index contributed by atoms with van der Waals surface area (Å²) in [6.07, 6.45) is -3.81. The number of ether oxygens (including phenoxy) is 2. The number of pyridine rings is 1. The first-order chi connectivity index (χ1) is 14.7. The van der Waals surface area contributed by atoms with Crippen molar-refractivity contribution in [2.24, 2.45) is 0 Å². The maximum atomic E-state index is 13.4. The predicted octanol–water partition coefficient (Wildman–Crippen LogP) is 3.79. The molecule has 3 aromatic rings. The number of carbonyl (C=O) groups is 1. The van der Waals surface area contributed by atoms with Gasteiger partial charge in [-0.3, -0.25) is 4.98 Å². The van der Waals surface area contributed by atoms with E-state index in [2.05, 4.69) is 20.0 Å². The Labute approximate surface area is 174 Å². The number of benzene rings is 1. The molecule has 2 aromatic heterocycles. The van der Waals surface area contributed by atoms with Crippen LogP contribution in [0.2, 0.25) is 0 Å². The van der Waals surface area contributed by atoms with E-state index >= 15 is 0 Å². The summed E-state index contributed by atoms with van der Waals surface area (Å²) in [6.45, 7) is 1.26. The van der Waals surface area contributed by atoms with Crippen LogP contribution in [0, 0.1) is 0 Å². The van der Waals surface area contributed by atoms with Gasteiger partial charge in [0.05, 0.1) is 18.0 Å². The Hall–Kier alpha value is -3.96. The molecule has 3 rings (SSSR count). The van der Waals surface area contributed by atoms with Crippen molar-refractivity contribution < 1.29 is 32.6 Å². The van der Waals surface area contributed by atoms with E-state index < -0.39 is 29.4 Å². The zero-order valence-electron chi connectivity index (χ0n) is 16.4. The third-order valence-corrected chi connectivity index (χ3v) is 4.08. The zero-order valence-corrected chi connectivity index (χ0v) is 16.4. The maximum absolute atomic E-state index is 13.4. The number of hydrogen-bond acceptors (Lipinski definition) is 8. The van der Waals surface area contributed by atoms with Crippen LogP contribution >= 0.6 is 0 Å². The molecule has 164 valence electrons. The second-order valence-corrected chi connectivity index (χ2v) is 6.14. The molecule has 0 saturated carbocycles. The van der Waals surface area contributed by atoms with E-state index in [1.807, 2.05) is 0 Å². The molecule has 31 heavy (non-hydrogen) atoms. The van der Waals surface area contributed by atoms with Crippen molar-refractivity contribution in [1.29, 1.82) is 0 Å². The Morgan fingerprint density at radius 3 is 2.58 bits per heavy atom. The van der Waals surface area contributed by atoms with Gasteiger partial charge in [-0.2, -0.15) is 17.9 Å². The zero-order chi connectivity index (χ0) is 22.8. The molecule has 0 unspecified atom stereocenters. The van der Waals surface area contributed by atoms with E-state index in [4.69, 9.17) is 10.5 Å². The molecule has 0 saturated heterocycles. The monoisotopic (exact) mass is 437 g/mol. The van der Waals surface area contributed by atoms with Crippen LogP contribution in [0.5, 0.6) is 11.5 Å². The predicted molar refractivity (Wildman–Crippen MR) is 104 cm³/mol. The number of nitrogens with zero attached hydrogens (tertiary/aromatic N) is 3. The molecule has 2 heterocycles. The molecule has 9 nitrogen and oxygen atoms in total. The molecule has 0 fully saturated rings. The van der Waals surface area contributed by atoms with Crippen molar-refractivity contribution in [2.75, 3.05) is 24.7 Å². The van der Waals surface area contributed by atoms with Crippen molar-refractivity contribution in [1.82, 2.24) is 14.7 Å². The number of anilines is 2. The average Bonchev–Trinajstić information content (AvgIpc) is 3.06. The first-order valence-corrected chi connectivity index (χ1v) is 8.93. The van der Waals surface area contributed by atoms with E-state index in [1.54, 1.807) is 25.2 Å².